The molecule has 0 aliphatic carbocycles. The molecule has 0 saturated carbocycles. The van der Waals surface area contributed by atoms with Crippen LogP contribution in [0.2, 0.25) is 0 Å². The van der Waals surface area contributed by atoms with Gasteiger partial charge < -0.3 is 10.6 Å². The summed E-state index contributed by atoms with van der Waals surface area (Å²) in [6.07, 6.45) is 0.875. The molecule has 0 atom stereocenters. The molecular weight excluding hydrogens is 220 g/mol. The maximum Gasteiger partial charge on any atom is 0.255 e. The zero-order valence-electron chi connectivity index (χ0n) is 10.4. The normalized spacial score (nSPS) is 10.1. The highest BCUT2D eigenvalue weighted by molar-refractivity contribution is 5.98. The van der Waals surface area contributed by atoms with Gasteiger partial charge in [0.25, 0.3) is 5.91 Å². The summed E-state index contributed by atoms with van der Waals surface area (Å²) in [5, 5.41) is 11.9. The zero-order valence-corrected chi connectivity index (χ0v) is 10.4. The first-order valence-electron chi connectivity index (χ1n) is 5.62. The van der Waals surface area contributed by atoms with Crippen LogP contribution in [0.25, 0.3) is 0 Å². The number of H-pyrrole nitrogens is 1. The Bertz CT molecular complexity index is 392. The number of hydrogen-bond donors (Lipinski definition) is 3. The van der Waals surface area contributed by atoms with E-state index in [4.69, 9.17) is 0 Å². The number of aromatic amines is 1. The number of rotatable bonds is 5. The van der Waals surface area contributed by atoms with Gasteiger partial charge in [-0.1, -0.05) is 6.92 Å². The minimum Gasteiger partial charge on any atom is -0.355 e. The van der Waals surface area contributed by atoms with Crippen molar-refractivity contribution in [2.45, 2.75) is 27.2 Å². The van der Waals surface area contributed by atoms with Gasteiger partial charge in [0.1, 0.15) is 0 Å². The van der Waals surface area contributed by atoms with Crippen molar-refractivity contribution < 1.29 is 9.59 Å². The van der Waals surface area contributed by atoms with Gasteiger partial charge in [-0.25, -0.2) is 0 Å². The molecule has 0 unspecified atom stereocenters. The highest BCUT2D eigenvalue weighted by Gasteiger charge is 2.15. The summed E-state index contributed by atoms with van der Waals surface area (Å²) in [6.45, 7) is 6.10. The van der Waals surface area contributed by atoms with Crippen molar-refractivity contribution in [2.75, 3.05) is 13.1 Å². The molecule has 0 aliphatic rings. The molecule has 0 aliphatic heterocycles. The molecule has 1 heterocycles. The van der Waals surface area contributed by atoms with E-state index in [1.54, 1.807) is 13.8 Å². The predicted octanol–water partition coefficient (Wildman–Crippen LogP) is 0.283. The number of aromatic nitrogens is 2. The Morgan fingerprint density at radius 2 is 2.00 bits per heavy atom. The van der Waals surface area contributed by atoms with E-state index in [0.29, 0.717) is 23.5 Å². The van der Waals surface area contributed by atoms with Gasteiger partial charge in [0.15, 0.2) is 0 Å². The summed E-state index contributed by atoms with van der Waals surface area (Å²) in [6, 6.07) is 0. The van der Waals surface area contributed by atoms with Crippen LogP contribution in [0.3, 0.4) is 0 Å². The molecule has 0 fully saturated rings. The molecule has 94 valence electrons. The largest absolute Gasteiger partial charge is 0.355 e. The van der Waals surface area contributed by atoms with E-state index in [1.165, 1.54) is 0 Å². The number of hydrogen-bond acceptors (Lipinski definition) is 3. The Kier molecular flexibility index (Phi) is 4.68. The summed E-state index contributed by atoms with van der Waals surface area (Å²) in [5.41, 5.74) is 1.84. The van der Waals surface area contributed by atoms with E-state index in [9.17, 15) is 9.59 Å². The van der Waals surface area contributed by atoms with Gasteiger partial charge in [0, 0.05) is 12.2 Å². The van der Waals surface area contributed by atoms with Crippen molar-refractivity contribution in [3.8, 4) is 0 Å². The summed E-state index contributed by atoms with van der Waals surface area (Å²) >= 11 is 0. The van der Waals surface area contributed by atoms with E-state index < -0.39 is 0 Å². The SMILES string of the molecule is CCCNC(=O)CNC(=O)c1c(C)n[nH]c1C. The Morgan fingerprint density at radius 3 is 2.53 bits per heavy atom. The standard InChI is InChI=1S/C11H18N4O2/c1-4-5-12-9(16)6-13-11(17)10-7(2)14-15-8(10)3/h4-6H2,1-3H3,(H,12,16)(H,13,17)(H,14,15). The van der Waals surface area contributed by atoms with Gasteiger partial charge in [-0.05, 0) is 20.3 Å². The fourth-order valence-corrected chi connectivity index (χ4v) is 1.46. The van der Waals surface area contributed by atoms with Gasteiger partial charge in [0.2, 0.25) is 5.91 Å². The summed E-state index contributed by atoms with van der Waals surface area (Å²) in [5.74, 6) is -0.459. The molecule has 1 aromatic rings. The number of carbonyl (C=O) groups excluding carboxylic acids is 2. The van der Waals surface area contributed by atoms with Crippen molar-refractivity contribution in [3.05, 3.63) is 17.0 Å². The number of nitrogens with one attached hydrogen (secondary N) is 3. The van der Waals surface area contributed by atoms with Crippen molar-refractivity contribution in [3.63, 3.8) is 0 Å². The van der Waals surface area contributed by atoms with E-state index in [2.05, 4.69) is 20.8 Å². The minimum atomic E-state index is -0.277. The molecule has 0 radical (unpaired) electrons. The second-order valence-corrected chi connectivity index (χ2v) is 3.84. The van der Waals surface area contributed by atoms with E-state index in [-0.39, 0.29) is 18.4 Å². The number of amides is 2. The van der Waals surface area contributed by atoms with Crippen LogP contribution in [0.1, 0.15) is 35.1 Å². The summed E-state index contributed by atoms with van der Waals surface area (Å²) in [4.78, 5) is 23.1. The average molecular weight is 238 g/mol. The van der Waals surface area contributed by atoms with Crippen molar-refractivity contribution >= 4 is 11.8 Å². The Morgan fingerprint density at radius 1 is 1.29 bits per heavy atom. The third-order valence-electron chi connectivity index (χ3n) is 2.34. The predicted molar refractivity (Wildman–Crippen MR) is 63.7 cm³/mol. The van der Waals surface area contributed by atoms with Crippen LogP contribution in [-0.4, -0.2) is 35.1 Å². The number of nitrogens with zero attached hydrogens (tertiary/aromatic N) is 1. The maximum absolute atomic E-state index is 11.8. The molecule has 0 aromatic carbocycles. The van der Waals surface area contributed by atoms with Crippen LogP contribution < -0.4 is 10.6 Å². The van der Waals surface area contributed by atoms with Gasteiger partial charge >= 0.3 is 0 Å². The third kappa shape index (κ3) is 3.58. The first-order valence-corrected chi connectivity index (χ1v) is 5.62. The average Bonchev–Trinajstić information content (AvgIpc) is 2.63. The number of carbonyl (C=O) groups is 2. The molecule has 0 spiro atoms. The first-order chi connectivity index (χ1) is 8.06. The van der Waals surface area contributed by atoms with Crippen molar-refractivity contribution in [1.29, 1.82) is 0 Å². The van der Waals surface area contributed by atoms with Crippen molar-refractivity contribution in [1.82, 2.24) is 20.8 Å². The topological polar surface area (TPSA) is 86.9 Å². The van der Waals surface area contributed by atoms with Crippen LogP contribution >= 0.6 is 0 Å². The molecular formula is C11H18N4O2. The molecule has 1 aromatic heterocycles. The Labute approximate surface area is 100 Å². The molecule has 0 saturated heterocycles. The number of aryl methyl sites for hydroxylation is 2. The molecule has 2 amide bonds. The highest BCUT2D eigenvalue weighted by Crippen LogP contribution is 2.08. The lowest BCUT2D eigenvalue weighted by Gasteiger charge is -2.05. The van der Waals surface area contributed by atoms with Crippen LogP contribution in [0.5, 0.6) is 0 Å². The summed E-state index contributed by atoms with van der Waals surface area (Å²) < 4.78 is 0. The van der Waals surface area contributed by atoms with Crippen molar-refractivity contribution in [2.24, 2.45) is 0 Å². The first kappa shape index (κ1) is 13.2. The molecule has 6 nitrogen and oxygen atoms in total. The maximum atomic E-state index is 11.8. The monoisotopic (exact) mass is 238 g/mol. The molecule has 1 rings (SSSR count). The van der Waals surface area contributed by atoms with Gasteiger partial charge in [0.05, 0.1) is 17.8 Å². The lowest BCUT2D eigenvalue weighted by Crippen LogP contribution is -2.37. The second-order valence-electron chi connectivity index (χ2n) is 3.84. The lowest BCUT2D eigenvalue weighted by atomic mass is 10.2. The Hall–Kier alpha value is -1.85. The van der Waals surface area contributed by atoms with Crippen LogP contribution in [0, 0.1) is 13.8 Å². The second kappa shape index (κ2) is 6.03. The molecule has 0 bridgehead atoms. The van der Waals surface area contributed by atoms with Gasteiger partial charge in [-0.2, -0.15) is 5.10 Å². The van der Waals surface area contributed by atoms with E-state index in [1.807, 2.05) is 6.92 Å². The van der Waals surface area contributed by atoms with Gasteiger partial charge in [-0.15, -0.1) is 0 Å². The zero-order chi connectivity index (χ0) is 12.8. The quantitative estimate of drug-likeness (QED) is 0.688. The van der Waals surface area contributed by atoms with E-state index in [0.717, 1.165) is 6.42 Å². The van der Waals surface area contributed by atoms with Gasteiger partial charge in [-0.3, -0.25) is 14.7 Å². The highest BCUT2D eigenvalue weighted by atomic mass is 16.2. The summed E-state index contributed by atoms with van der Waals surface area (Å²) in [7, 11) is 0. The molecule has 17 heavy (non-hydrogen) atoms. The third-order valence-corrected chi connectivity index (χ3v) is 2.34. The van der Waals surface area contributed by atoms with Crippen LogP contribution in [0.15, 0.2) is 0 Å². The van der Waals surface area contributed by atoms with Crippen LogP contribution in [-0.2, 0) is 4.79 Å². The lowest BCUT2D eigenvalue weighted by molar-refractivity contribution is -0.120. The molecule has 3 N–H and O–H groups in total. The van der Waals surface area contributed by atoms with E-state index >= 15 is 0 Å². The smallest absolute Gasteiger partial charge is 0.255 e. The molecule has 6 heteroatoms. The fraction of sp³-hybridized carbons (Fsp3) is 0.545. The minimum absolute atomic E-state index is 0.0110. The Balaban J connectivity index is 2.48. The fourth-order valence-electron chi connectivity index (χ4n) is 1.46. The van der Waals surface area contributed by atoms with Crippen LogP contribution in [0.4, 0.5) is 0 Å².